The van der Waals surface area contributed by atoms with Crippen LogP contribution in [0.15, 0.2) is 0 Å². The van der Waals surface area contributed by atoms with Crippen molar-refractivity contribution in [3.8, 4) is 0 Å². The molecule has 0 rings (SSSR count). The lowest BCUT2D eigenvalue weighted by Gasteiger charge is -1.07. The van der Waals surface area contributed by atoms with E-state index in [1.807, 2.05) is 55.4 Å². The molecule has 0 aliphatic heterocycles. The molecule has 0 aliphatic rings. The van der Waals surface area contributed by atoms with Crippen molar-refractivity contribution in [3.63, 3.8) is 0 Å². The maximum absolute atomic E-state index is 2.00. The fourth-order valence-electron chi connectivity index (χ4n) is 0. The molecular weight excluding hydrogens is 237 g/mol. The normalized spacial score (nSPS) is 2.40. The molecule has 2 heteroatoms. The average Bonchev–Trinajstić information content (AvgIpc) is 2.03. The minimum absolute atomic E-state index is 0. The van der Waals surface area contributed by atoms with Crippen molar-refractivity contribution in [3.05, 3.63) is 0 Å². The minimum Gasteiger partial charge on any atom is -0.344 e. The zero-order valence-corrected chi connectivity index (χ0v) is 11.4. The first-order valence-electron chi connectivity index (χ1n) is 4.00. The molecule has 0 fully saturated rings. The van der Waals surface area contributed by atoms with Gasteiger partial charge in [-0.25, -0.2) is 0 Å². The molecule has 3 N–H and O–H groups in total. The van der Waals surface area contributed by atoms with Gasteiger partial charge in [0.1, 0.15) is 0 Å². The van der Waals surface area contributed by atoms with Gasteiger partial charge >= 0.3 is 0 Å². The SMILES string of the molecule is CC.CC.CC.CC.I.N.[HH].[HH]. The second kappa shape index (κ2) is 1540. The molecule has 0 amide bonds. The lowest BCUT2D eigenvalue weighted by atomic mass is 11.0. The van der Waals surface area contributed by atoms with E-state index in [9.17, 15) is 0 Å². The maximum Gasteiger partial charge on any atom is 0 e. The molecule has 0 saturated heterocycles. The summed E-state index contributed by atoms with van der Waals surface area (Å²) >= 11 is 0. The summed E-state index contributed by atoms with van der Waals surface area (Å²) in [5, 5.41) is 0. The summed E-state index contributed by atoms with van der Waals surface area (Å²) in [5.41, 5.74) is 0. The van der Waals surface area contributed by atoms with Gasteiger partial charge in [-0.3, -0.25) is 0 Å². The van der Waals surface area contributed by atoms with Gasteiger partial charge in [0.2, 0.25) is 0 Å². The molecule has 0 heterocycles. The molecule has 0 bridgehead atoms. The van der Waals surface area contributed by atoms with Crippen molar-refractivity contribution in [2.24, 2.45) is 0 Å². The Labute approximate surface area is 88.6 Å². The number of hydrogen-bond acceptors (Lipinski definition) is 1. The lowest BCUT2D eigenvalue weighted by Crippen LogP contribution is -0.856. The van der Waals surface area contributed by atoms with E-state index in [1.54, 1.807) is 0 Å². The topological polar surface area (TPSA) is 35.0 Å². The molecule has 0 aliphatic carbocycles. The number of halogens is 1. The van der Waals surface area contributed by atoms with Crippen LogP contribution in [-0.2, 0) is 0 Å². The van der Waals surface area contributed by atoms with Crippen molar-refractivity contribution in [1.29, 1.82) is 0 Å². The second-order valence-electron chi connectivity index (χ2n) is 0. The van der Waals surface area contributed by atoms with E-state index in [4.69, 9.17) is 0 Å². The highest BCUT2D eigenvalue weighted by Gasteiger charge is 0.938. The van der Waals surface area contributed by atoms with Crippen LogP contribution in [0.2, 0.25) is 0 Å². The van der Waals surface area contributed by atoms with E-state index in [2.05, 4.69) is 0 Å². The van der Waals surface area contributed by atoms with Gasteiger partial charge in [0.15, 0.2) is 0 Å². The monoisotopic (exact) mass is 269 g/mol. The fourth-order valence-corrected chi connectivity index (χ4v) is 0. The second-order valence-corrected chi connectivity index (χ2v) is 0. The van der Waals surface area contributed by atoms with Crippen LogP contribution >= 0.6 is 24.0 Å². The van der Waals surface area contributed by atoms with E-state index < -0.39 is 0 Å². The van der Waals surface area contributed by atoms with E-state index in [1.165, 1.54) is 0 Å². The molecule has 0 spiro atoms. The van der Waals surface area contributed by atoms with Gasteiger partial charge in [-0.05, 0) is 0 Å². The Morgan fingerprint density at radius 2 is 0.500 bits per heavy atom. The Kier molecular flexibility index (Phi) is 7010. The van der Waals surface area contributed by atoms with Gasteiger partial charge < -0.3 is 6.15 Å². The van der Waals surface area contributed by atoms with Crippen molar-refractivity contribution >= 4 is 24.0 Å². The van der Waals surface area contributed by atoms with E-state index >= 15 is 0 Å². The quantitative estimate of drug-likeness (QED) is 0.589. The molecular formula is C8H32IN. The Balaban J connectivity index is -0.00000000267. The molecule has 0 aromatic rings. The Morgan fingerprint density at radius 1 is 0.500 bits per heavy atom. The standard InChI is InChI=1S/4C2H6.HI.H3N.2H2/c4*1-2;;;;/h4*1-2H3;1H;1H3;2*1H. The smallest absolute Gasteiger partial charge is 0 e. The number of hydrogen-bond donors (Lipinski definition) is 1. The molecule has 1 nitrogen and oxygen atoms in total. The first-order chi connectivity index (χ1) is 4.00. The van der Waals surface area contributed by atoms with Crippen LogP contribution in [0.3, 0.4) is 0 Å². The molecule has 0 aromatic carbocycles. The number of rotatable bonds is 0. The molecule has 0 atom stereocenters. The van der Waals surface area contributed by atoms with Crippen molar-refractivity contribution in [2.75, 3.05) is 0 Å². The van der Waals surface area contributed by atoms with Gasteiger partial charge in [0.25, 0.3) is 0 Å². The summed E-state index contributed by atoms with van der Waals surface area (Å²) in [7, 11) is 0. The third-order valence-corrected chi connectivity index (χ3v) is 0. The summed E-state index contributed by atoms with van der Waals surface area (Å²) in [6.45, 7) is 16.0. The van der Waals surface area contributed by atoms with Crippen LogP contribution in [0.5, 0.6) is 0 Å². The zero-order valence-electron chi connectivity index (χ0n) is 9.12. The van der Waals surface area contributed by atoms with Crippen molar-refractivity contribution < 1.29 is 2.85 Å². The van der Waals surface area contributed by atoms with Crippen LogP contribution in [0.4, 0.5) is 0 Å². The summed E-state index contributed by atoms with van der Waals surface area (Å²) in [4.78, 5) is 0. The first-order valence-corrected chi connectivity index (χ1v) is 4.00. The first kappa shape index (κ1) is 45.6. The van der Waals surface area contributed by atoms with Crippen molar-refractivity contribution in [2.45, 2.75) is 55.4 Å². The minimum atomic E-state index is 0. The summed E-state index contributed by atoms with van der Waals surface area (Å²) in [6, 6.07) is 0. The van der Waals surface area contributed by atoms with Crippen LogP contribution in [0.25, 0.3) is 0 Å². The Hall–Kier alpha value is 0.690. The van der Waals surface area contributed by atoms with Crippen LogP contribution < -0.4 is 6.15 Å². The van der Waals surface area contributed by atoms with Crippen molar-refractivity contribution in [1.82, 2.24) is 6.15 Å². The lowest BCUT2D eigenvalue weighted by molar-refractivity contribution is 1.50. The van der Waals surface area contributed by atoms with Gasteiger partial charge in [0.05, 0.1) is 0 Å². The average molecular weight is 269 g/mol. The van der Waals surface area contributed by atoms with Crippen LogP contribution in [0, 0.1) is 0 Å². The largest absolute Gasteiger partial charge is 0.344 e. The van der Waals surface area contributed by atoms with Gasteiger partial charge in [0, 0.05) is 2.85 Å². The summed E-state index contributed by atoms with van der Waals surface area (Å²) < 4.78 is 0. The van der Waals surface area contributed by atoms with E-state index in [0.29, 0.717) is 0 Å². The highest BCUT2D eigenvalue weighted by atomic mass is 127. The zero-order chi connectivity index (χ0) is 8.00. The van der Waals surface area contributed by atoms with E-state index in [0.717, 1.165) is 0 Å². The summed E-state index contributed by atoms with van der Waals surface area (Å²) in [5.74, 6) is 0. The van der Waals surface area contributed by atoms with Gasteiger partial charge in [-0.15, -0.1) is 24.0 Å². The fraction of sp³-hybridized carbons (Fsp3) is 1.00. The van der Waals surface area contributed by atoms with Gasteiger partial charge in [-0.2, -0.15) is 0 Å². The molecule has 0 unspecified atom stereocenters. The van der Waals surface area contributed by atoms with Gasteiger partial charge in [-0.1, -0.05) is 55.4 Å². The maximum atomic E-state index is 2.00. The van der Waals surface area contributed by atoms with Crippen LogP contribution in [0.1, 0.15) is 58.2 Å². The molecule has 0 radical (unpaired) electrons. The Morgan fingerprint density at radius 3 is 0.500 bits per heavy atom. The summed E-state index contributed by atoms with van der Waals surface area (Å²) in [6.07, 6.45) is 0. The highest BCUT2D eigenvalue weighted by molar-refractivity contribution is 14.0. The molecule has 76 valence electrons. The Bertz CT molecular complexity index is 17.0. The highest BCUT2D eigenvalue weighted by Crippen LogP contribution is 1.15. The molecule has 0 saturated carbocycles. The third kappa shape index (κ3) is 1080. The predicted octanol–water partition coefficient (Wildman–Crippen LogP) is 5.38. The third-order valence-electron chi connectivity index (χ3n) is 0. The predicted molar refractivity (Wildman–Crippen MR) is 70.1 cm³/mol. The molecule has 10 heavy (non-hydrogen) atoms. The molecule has 0 aromatic heterocycles. The van der Waals surface area contributed by atoms with E-state index in [-0.39, 0.29) is 33.0 Å². The van der Waals surface area contributed by atoms with Crippen LogP contribution in [-0.4, -0.2) is 0 Å².